The van der Waals surface area contributed by atoms with Gasteiger partial charge >= 0.3 is 6.18 Å². The summed E-state index contributed by atoms with van der Waals surface area (Å²) in [5, 5.41) is 0. The second-order valence-corrected chi connectivity index (χ2v) is 4.32. The van der Waals surface area contributed by atoms with Gasteiger partial charge in [0.25, 0.3) is 0 Å². The van der Waals surface area contributed by atoms with E-state index in [0.29, 0.717) is 6.29 Å². The van der Waals surface area contributed by atoms with Crippen molar-refractivity contribution in [3.05, 3.63) is 35.2 Å². The second-order valence-electron chi connectivity index (χ2n) is 4.32. The summed E-state index contributed by atoms with van der Waals surface area (Å²) in [7, 11) is 0. The molecule has 0 N–H and O–H groups in total. The minimum atomic E-state index is -4.69. The van der Waals surface area contributed by atoms with E-state index in [0.717, 1.165) is 17.0 Å². The van der Waals surface area contributed by atoms with Crippen LogP contribution in [-0.2, 0) is 15.8 Å². The Morgan fingerprint density at radius 1 is 1.40 bits per heavy atom. The normalized spacial score (nSPS) is 19.0. The van der Waals surface area contributed by atoms with Crippen LogP contribution in [0.25, 0.3) is 4.85 Å². The van der Waals surface area contributed by atoms with Crippen molar-refractivity contribution in [3.63, 3.8) is 0 Å². The molecule has 1 fully saturated rings. The highest BCUT2D eigenvalue weighted by Gasteiger charge is 2.36. The Bertz CT molecular complexity index is 605. The number of hydrogen-bond donors (Lipinski definition) is 0. The number of carbonyl (C=O) groups is 2. The molecule has 4 nitrogen and oxygen atoms in total. The van der Waals surface area contributed by atoms with Gasteiger partial charge in [-0.3, -0.25) is 4.79 Å². The third kappa shape index (κ3) is 2.37. The van der Waals surface area contributed by atoms with Gasteiger partial charge in [0.1, 0.15) is 6.29 Å². The molecular weight excluding hydrogens is 273 g/mol. The fourth-order valence-corrected chi connectivity index (χ4v) is 2.17. The van der Waals surface area contributed by atoms with E-state index >= 15 is 0 Å². The van der Waals surface area contributed by atoms with Crippen molar-refractivity contribution >= 4 is 23.6 Å². The van der Waals surface area contributed by atoms with Gasteiger partial charge in [0.2, 0.25) is 5.91 Å². The Morgan fingerprint density at radius 2 is 2.10 bits per heavy atom. The van der Waals surface area contributed by atoms with Gasteiger partial charge in [-0.1, -0.05) is 6.07 Å². The van der Waals surface area contributed by atoms with Crippen molar-refractivity contribution in [1.82, 2.24) is 0 Å². The lowest BCUT2D eigenvalue weighted by Gasteiger charge is -2.22. The van der Waals surface area contributed by atoms with Gasteiger partial charge in [0.15, 0.2) is 5.69 Å². The smallest absolute Gasteiger partial charge is 0.302 e. The van der Waals surface area contributed by atoms with Crippen molar-refractivity contribution in [3.8, 4) is 0 Å². The van der Waals surface area contributed by atoms with E-state index in [1.54, 1.807) is 0 Å². The number of carbonyl (C=O) groups excluding carboxylic acids is 2. The Kier molecular flexibility index (Phi) is 3.49. The molecule has 1 amide bonds. The average Bonchev–Trinajstić information content (AvgIpc) is 2.78. The molecule has 1 saturated heterocycles. The molecule has 20 heavy (non-hydrogen) atoms. The molecule has 0 aromatic heterocycles. The highest BCUT2D eigenvalue weighted by Crippen LogP contribution is 2.39. The first kappa shape index (κ1) is 14.1. The zero-order valence-corrected chi connectivity index (χ0v) is 10.1. The summed E-state index contributed by atoms with van der Waals surface area (Å²) in [6.45, 7) is 6.75. The molecule has 1 atom stereocenters. The van der Waals surface area contributed by atoms with Crippen LogP contribution in [0.3, 0.4) is 0 Å². The maximum Gasteiger partial charge on any atom is 0.407 e. The topological polar surface area (TPSA) is 41.7 Å². The molecule has 7 heteroatoms. The van der Waals surface area contributed by atoms with E-state index < -0.39 is 29.4 Å². The SMILES string of the molecule is [C-]#[N+]c1ccc(N2C(=O)CC[C@@H]2C=O)cc1C(F)(F)F. The molecule has 1 heterocycles. The second kappa shape index (κ2) is 4.96. The number of nitrogens with zero attached hydrogens (tertiary/aromatic N) is 2. The molecule has 0 bridgehead atoms. The van der Waals surface area contributed by atoms with Crippen LogP contribution in [0.15, 0.2) is 18.2 Å². The molecule has 0 radical (unpaired) electrons. The quantitative estimate of drug-likeness (QED) is 0.618. The van der Waals surface area contributed by atoms with Gasteiger partial charge in [0, 0.05) is 12.1 Å². The highest BCUT2D eigenvalue weighted by atomic mass is 19.4. The lowest BCUT2D eigenvalue weighted by atomic mass is 10.1. The van der Waals surface area contributed by atoms with Crippen LogP contribution in [0, 0.1) is 6.57 Å². The molecule has 0 unspecified atom stereocenters. The fraction of sp³-hybridized carbons (Fsp3) is 0.308. The number of hydrogen-bond acceptors (Lipinski definition) is 2. The van der Waals surface area contributed by atoms with Gasteiger partial charge in [0.05, 0.1) is 18.2 Å². The summed E-state index contributed by atoms with van der Waals surface area (Å²) >= 11 is 0. The van der Waals surface area contributed by atoms with E-state index in [-0.39, 0.29) is 18.5 Å². The number of aldehydes is 1. The predicted molar refractivity (Wildman–Crippen MR) is 64.3 cm³/mol. The van der Waals surface area contributed by atoms with Crippen LogP contribution in [0.2, 0.25) is 0 Å². The Morgan fingerprint density at radius 3 is 2.65 bits per heavy atom. The summed E-state index contributed by atoms with van der Waals surface area (Å²) in [5.74, 6) is -0.397. The third-order valence-electron chi connectivity index (χ3n) is 3.10. The van der Waals surface area contributed by atoms with Gasteiger partial charge in [-0.15, -0.1) is 0 Å². The Hall–Kier alpha value is -2.36. The summed E-state index contributed by atoms with van der Waals surface area (Å²) < 4.78 is 38.6. The lowest BCUT2D eigenvalue weighted by Crippen LogP contribution is -2.34. The number of anilines is 1. The highest BCUT2D eigenvalue weighted by molar-refractivity contribution is 6.00. The van der Waals surface area contributed by atoms with Gasteiger partial charge in [-0.25, -0.2) is 4.85 Å². The van der Waals surface area contributed by atoms with Crippen LogP contribution in [0.5, 0.6) is 0 Å². The van der Waals surface area contributed by atoms with Crippen molar-refractivity contribution in [1.29, 1.82) is 0 Å². The van der Waals surface area contributed by atoms with E-state index in [1.165, 1.54) is 6.07 Å². The number of benzene rings is 1. The number of alkyl halides is 3. The largest absolute Gasteiger partial charge is 0.407 e. The van der Waals surface area contributed by atoms with Crippen LogP contribution in [0.1, 0.15) is 18.4 Å². The van der Waals surface area contributed by atoms with Crippen molar-refractivity contribution in [2.45, 2.75) is 25.1 Å². The van der Waals surface area contributed by atoms with Gasteiger partial charge in [-0.05, 0) is 18.6 Å². The molecule has 0 aliphatic carbocycles. The number of amides is 1. The number of rotatable bonds is 2. The van der Waals surface area contributed by atoms with Crippen LogP contribution < -0.4 is 4.90 Å². The summed E-state index contributed by atoms with van der Waals surface area (Å²) in [4.78, 5) is 26.4. The van der Waals surface area contributed by atoms with Gasteiger partial charge < -0.3 is 9.69 Å². The average molecular weight is 282 g/mol. The van der Waals surface area contributed by atoms with Crippen LogP contribution in [0.4, 0.5) is 24.5 Å². The van der Waals surface area contributed by atoms with E-state index in [9.17, 15) is 22.8 Å². The zero-order chi connectivity index (χ0) is 14.9. The van der Waals surface area contributed by atoms with E-state index in [4.69, 9.17) is 6.57 Å². The molecular formula is C13H9F3N2O2. The van der Waals surface area contributed by atoms with Crippen molar-refractivity contribution in [2.24, 2.45) is 0 Å². The maximum absolute atomic E-state index is 12.9. The van der Waals surface area contributed by atoms with E-state index in [1.807, 2.05) is 0 Å². The Balaban J connectivity index is 2.52. The summed E-state index contributed by atoms with van der Waals surface area (Å²) in [5.41, 5.74) is -1.64. The Labute approximate surface area is 112 Å². The molecule has 1 aromatic rings. The standard InChI is InChI=1S/C13H9F3N2O2/c1-17-11-4-2-8(6-10(11)13(14,15)16)18-9(7-19)3-5-12(18)20/h2,4,6-7,9H,3,5H2/t9-/m1/s1. The van der Waals surface area contributed by atoms with Crippen molar-refractivity contribution in [2.75, 3.05) is 4.90 Å². The molecule has 1 aliphatic heterocycles. The van der Waals surface area contributed by atoms with Crippen LogP contribution in [-0.4, -0.2) is 18.2 Å². The third-order valence-corrected chi connectivity index (χ3v) is 3.10. The molecule has 104 valence electrons. The first-order valence-corrected chi connectivity index (χ1v) is 5.74. The first-order valence-electron chi connectivity index (χ1n) is 5.74. The fourth-order valence-electron chi connectivity index (χ4n) is 2.17. The van der Waals surface area contributed by atoms with Gasteiger partial charge in [-0.2, -0.15) is 13.2 Å². The van der Waals surface area contributed by atoms with Crippen molar-refractivity contribution < 1.29 is 22.8 Å². The summed E-state index contributed by atoms with van der Waals surface area (Å²) in [6, 6.07) is 2.26. The van der Waals surface area contributed by atoms with Crippen LogP contribution >= 0.6 is 0 Å². The molecule has 2 rings (SSSR count). The lowest BCUT2D eigenvalue weighted by molar-refractivity contribution is -0.136. The molecule has 1 aliphatic rings. The summed E-state index contributed by atoms with van der Waals surface area (Å²) in [6.07, 6.45) is -3.74. The minimum Gasteiger partial charge on any atom is -0.302 e. The molecule has 0 saturated carbocycles. The van der Waals surface area contributed by atoms with E-state index in [2.05, 4.69) is 4.85 Å². The molecule has 1 aromatic carbocycles. The monoisotopic (exact) mass is 282 g/mol. The minimum absolute atomic E-state index is 0.00988. The molecule has 0 spiro atoms. The predicted octanol–water partition coefficient (Wildman–Crippen LogP) is 2.95. The number of halogens is 3. The zero-order valence-electron chi connectivity index (χ0n) is 10.1. The maximum atomic E-state index is 12.9. The first-order chi connectivity index (χ1) is 9.38.